The van der Waals surface area contributed by atoms with Gasteiger partial charge in [0.05, 0.1) is 19.8 Å². The van der Waals surface area contributed by atoms with Gasteiger partial charge in [0.25, 0.3) is 0 Å². The van der Waals surface area contributed by atoms with E-state index in [9.17, 15) is 0 Å². The molecule has 0 unspecified atom stereocenters. The molecule has 0 saturated heterocycles. The van der Waals surface area contributed by atoms with Gasteiger partial charge in [0, 0.05) is 29.9 Å². The molecule has 0 fully saturated rings. The second-order valence-electron chi connectivity index (χ2n) is 4.25. The van der Waals surface area contributed by atoms with Crippen LogP contribution < -0.4 is 10.1 Å². The van der Waals surface area contributed by atoms with E-state index in [1.165, 1.54) is 0 Å². The number of hydrogen-bond donors (Lipinski definition) is 1. The van der Waals surface area contributed by atoms with Crippen molar-refractivity contribution in [1.29, 1.82) is 0 Å². The Morgan fingerprint density at radius 2 is 2.05 bits per heavy atom. The minimum absolute atomic E-state index is 0.485. The van der Waals surface area contributed by atoms with Gasteiger partial charge in [-0.15, -0.1) is 0 Å². The predicted molar refractivity (Wildman–Crippen MR) is 82.1 cm³/mol. The van der Waals surface area contributed by atoms with Crippen molar-refractivity contribution >= 4 is 15.9 Å². The fourth-order valence-electron chi connectivity index (χ4n) is 1.57. The van der Waals surface area contributed by atoms with Gasteiger partial charge in [-0.25, -0.2) is 4.98 Å². The number of hydrogen-bond acceptors (Lipinski definition) is 5. The fourth-order valence-corrected chi connectivity index (χ4v) is 1.95. The zero-order valence-corrected chi connectivity index (χ0v) is 13.7. The molecular weight excluding hydrogens is 324 g/mol. The summed E-state index contributed by atoms with van der Waals surface area (Å²) in [6.45, 7) is 6.07. The van der Waals surface area contributed by atoms with Crippen LogP contribution >= 0.6 is 15.9 Å². The van der Waals surface area contributed by atoms with E-state index >= 15 is 0 Å². The minimum Gasteiger partial charge on any atom is -0.475 e. The van der Waals surface area contributed by atoms with Crippen LogP contribution in [0.15, 0.2) is 16.7 Å². The molecule has 0 bridgehead atoms. The number of nitrogens with zero attached hydrogens (tertiary/aromatic N) is 1. The van der Waals surface area contributed by atoms with Gasteiger partial charge in [0.1, 0.15) is 6.61 Å². The van der Waals surface area contributed by atoms with Crippen molar-refractivity contribution < 1.29 is 14.2 Å². The molecule has 1 aromatic heterocycles. The van der Waals surface area contributed by atoms with E-state index < -0.39 is 0 Å². The van der Waals surface area contributed by atoms with Crippen molar-refractivity contribution in [2.45, 2.75) is 19.9 Å². The van der Waals surface area contributed by atoms with Crippen molar-refractivity contribution in [3.05, 3.63) is 22.3 Å². The molecule has 0 radical (unpaired) electrons. The molecule has 0 aliphatic heterocycles. The summed E-state index contributed by atoms with van der Waals surface area (Å²) in [5.41, 5.74) is 1.05. The zero-order chi connectivity index (χ0) is 14.6. The predicted octanol–water partition coefficient (Wildman–Crippen LogP) is 2.39. The second-order valence-corrected chi connectivity index (χ2v) is 5.16. The standard InChI is InChI=1S/C14H23BrN2O3/c1-3-4-16-10-12-9-13(15)11-17-14(12)20-8-7-19-6-5-18-2/h9,11,16H,3-8,10H2,1-2H3. The molecule has 1 aromatic rings. The summed E-state index contributed by atoms with van der Waals surface area (Å²) in [4.78, 5) is 4.30. The topological polar surface area (TPSA) is 52.6 Å². The van der Waals surface area contributed by atoms with Gasteiger partial charge < -0.3 is 19.5 Å². The average molecular weight is 347 g/mol. The number of halogens is 1. The monoisotopic (exact) mass is 346 g/mol. The Morgan fingerprint density at radius 1 is 1.25 bits per heavy atom. The van der Waals surface area contributed by atoms with E-state index in [2.05, 4.69) is 33.2 Å². The van der Waals surface area contributed by atoms with Crippen LogP contribution in [0.3, 0.4) is 0 Å². The second kappa shape index (κ2) is 11.0. The summed E-state index contributed by atoms with van der Waals surface area (Å²) in [5.74, 6) is 0.659. The molecule has 0 saturated carbocycles. The Labute approximate surface area is 129 Å². The molecule has 1 heterocycles. The van der Waals surface area contributed by atoms with Gasteiger partial charge in [-0.05, 0) is 35.0 Å². The van der Waals surface area contributed by atoms with Crippen LogP contribution in [0.2, 0.25) is 0 Å². The summed E-state index contributed by atoms with van der Waals surface area (Å²) in [6.07, 6.45) is 2.84. The van der Waals surface area contributed by atoms with E-state index in [0.717, 1.165) is 29.5 Å². The largest absolute Gasteiger partial charge is 0.475 e. The highest BCUT2D eigenvalue weighted by atomic mass is 79.9. The third-order valence-corrected chi connectivity index (χ3v) is 2.97. The first-order valence-electron chi connectivity index (χ1n) is 6.82. The zero-order valence-electron chi connectivity index (χ0n) is 12.2. The maximum absolute atomic E-state index is 5.67. The molecule has 114 valence electrons. The lowest BCUT2D eigenvalue weighted by atomic mass is 10.2. The molecular formula is C14H23BrN2O3. The van der Waals surface area contributed by atoms with Crippen LogP contribution in [0.1, 0.15) is 18.9 Å². The summed E-state index contributed by atoms with van der Waals surface area (Å²) in [6, 6.07) is 2.02. The Bertz CT molecular complexity index is 377. The minimum atomic E-state index is 0.485. The molecule has 1 N–H and O–H groups in total. The van der Waals surface area contributed by atoms with Crippen LogP contribution in [-0.2, 0) is 16.0 Å². The molecule has 0 amide bonds. The molecule has 0 aliphatic rings. The van der Waals surface area contributed by atoms with Crippen molar-refractivity contribution in [2.75, 3.05) is 40.1 Å². The molecule has 5 nitrogen and oxygen atoms in total. The molecule has 0 spiro atoms. The van der Waals surface area contributed by atoms with Crippen molar-refractivity contribution in [3.8, 4) is 5.88 Å². The van der Waals surface area contributed by atoms with Crippen molar-refractivity contribution in [1.82, 2.24) is 10.3 Å². The Kier molecular flexibility index (Phi) is 9.57. The Balaban J connectivity index is 2.38. The lowest BCUT2D eigenvalue weighted by Crippen LogP contribution is -2.16. The maximum atomic E-state index is 5.67. The average Bonchev–Trinajstić information content (AvgIpc) is 2.45. The number of nitrogens with one attached hydrogen (secondary N) is 1. The van der Waals surface area contributed by atoms with Crippen LogP contribution in [-0.4, -0.2) is 45.1 Å². The van der Waals surface area contributed by atoms with Gasteiger partial charge in [-0.1, -0.05) is 6.92 Å². The molecule has 0 aliphatic carbocycles. The van der Waals surface area contributed by atoms with Gasteiger partial charge in [-0.2, -0.15) is 0 Å². The highest BCUT2D eigenvalue weighted by Gasteiger charge is 2.06. The first-order valence-corrected chi connectivity index (χ1v) is 7.61. The van der Waals surface area contributed by atoms with E-state index in [4.69, 9.17) is 14.2 Å². The number of rotatable bonds is 11. The van der Waals surface area contributed by atoms with Crippen molar-refractivity contribution in [2.24, 2.45) is 0 Å². The highest BCUT2D eigenvalue weighted by Crippen LogP contribution is 2.19. The normalized spacial score (nSPS) is 10.8. The smallest absolute Gasteiger partial charge is 0.217 e. The van der Waals surface area contributed by atoms with Gasteiger partial charge in [0.2, 0.25) is 5.88 Å². The van der Waals surface area contributed by atoms with Crippen LogP contribution in [0.5, 0.6) is 5.88 Å². The van der Waals surface area contributed by atoms with E-state index in [-0.39, 0.29) is 0 Å². The first kappa shape index (κ1) is 17.4. The lowest BCUT2D eigenvalue weighted by Gasteiger charge is -2.11. The SMILES string of the molecule is CCCNCc1cc(Br)cnc1OCCOCCOC. The van der Waals surface area contributed by atoms with Crippen molar-refractivity contribution in [3.63, 3.8) is 0 Å². The quantitative estimate of drug-likeness (QED) is 0.623. The number of aromatic nitrogens is 1. The molecule has 0 atom stereocenters. The van der Waals surface area contributed by atoms with Gasteiger partial charge in [-0.3, -0.25) is 0 Å². The van der Waals surface area contributed by atoms with E-state index in [0.29, 0.717) is 32.3 Å². The van der Waals surface area contributed by atoms with E-state index in [1.807, 2.05) is 6.07 Å². The molecule has 20 heavy (non-hydrogen) atoms. The van der Waals surface area contributed by atoms with Crippen LogP contribution in [0, 0.1) is 0 Å². The molecule has 1 rings (SSSR count). The Hall–Kier alpha value is -0.690. The molecule has 0 aromatic carbocycles. The number of ether oxygens (including phenoxy) is 3. The highest BCUT2D eigenvalue weighted by molar-refractivity contribution is 9.10. The summed E-state index contributed by atoms with van der Waals surface area (Å²) >= 11 is 3.43. The summed E-state index contributed by atoms with van der Waals surface area (Å²) in [5, 5.41) is 3.35. The van der Waals surface area contributed by atoms with Gasteiger partial charge in [0.15, 0.2) is 0 Å². The lowest BCUT2D eigenvalue weighted by molar-refractivity contribution is 0.0535. The number of pyridine rings is 1. The summed E-state index contributed by atoms with van der Waals surface area (Å²) in [7, 11) is 1.65. The maximum Gasteiger partial charge on any atom is 0.217 e. The Morgan fingerprint density at radius 3 is 2.80 bits per heavy atom. The first-order chi connectivity index (χ1) is 9.77. The summed E-state index contributed by atoms with van der Waals surface area (Å²) < 4.78 is 16.9. The van der Waals surface area contributed by atoms with Crippen LogP contribution in [0.4, 0.5) is 0 Å². The van der Waals surface area contributed by atoms with Crippen LogP contribution in [0.25, 0.3) is 0 Å². The third kappa shape index (κ3) is 7.19. The fraction of sp³-hybridized carbons (Fsp3) is 0.643. The van der Waals surface area contributed by atoms with Gasteiger partial charge >= 0.3 is 0 Å². The third-order valence-electron chi connectivity index (χ3n) is 2.53. The number of methoxy groups -OCH3 is 1. The molecule has 6 heteroatoms. The van der Waals surface area contributed by atoms with E-state index in [1.54, 1.807) is 13.3 Å².